The minimum atomic E-state index is 0.270. The lowest BCUT2D eigenvalue weighted by Gasteiger charge is -2.15. The zero-order valence-corrected chi connectivity index (χ0v) is 15.5. The summed E-state index contributed by atoms with van der Waals surface area (Å²) in [4.78, 5) is 0. The van der Waals surface area contributed by atoms with Gasteiger partial charge in [-0.3, -0.25) is 0 Å². The maximum atomic E-state index is 9.51. The highest BCUT2D eigenvalue weighted by atomic mass is 16.3. The van der Waals surface area contributed by atoms with Crippen molar-refractivity contribution in [2.75, 3.05) is 0 Å². The van der Waals surface area contributed by atoms with Crippen molar-refractivity contribution < 1.29 is 5.11 Å². The van der Waals surface area contributed by atoms with Crippen LogP contribution in [-0.2, 0) is 0 Å². The van der Waals surface area contributed by atoms with Crippen molar-refractivity contribution >= 4 is 5.57 Å². The van der Waals surface area contributed by atoms with Crippen molar-refractivity contribution in [3.63, 3.8) is 0 Å². The predicted octanol–water partition coefficient (Wildman–Crippen LogP) is 6.85. The number of phenolic OH excluding ortho intramolecular Hbond substituents is 1. The first-order valence-corrected chi connectivity index (χ1v) is 8.34. The van der Waals surface area contributed by atoms with Crippen molar-refractivity contribution in [3.8, 4) is 5.75 Å². The van der Waals surface area contributed by atoms with Gasteiger partial charge in [-0.05, 0) is 67.2 Å². The van der Waals surface area contributed by atoms with Gasteiger partial charge in [-0.1, -0.05) is 60.7 Å². The Bertz CT molecular complexity index is 757. The molecule has 1 nitrogen and oxygen atoms in total. The van der Waals surface area contributed by atoms with Crippen LogP contribution in [0, 0.1) is 6.92 Å². The third-order valence-corrected chi connectivity index (χ3v) is 3.50. The van der Waals surface area contributed by atoms with Gasteiger partial charge in [0.05, 0.1) is 0 Å². The van der Waals surface area contributed by atoms with Crippen LogP contribution in [0.1, 0.15) is 37.0 Å². The van der Waals surface area contributed by atoms with Crippen LogP contribution in [0.2, 0.25) is 0 Å². The molecule has 0 saturated heterocycles. The largest absolute Gasteiger partial charge is 0.508 e. The summed E-state index contributed by atoms with van der Waals surface area (Å²) < 4.78 is 0. The summed E-state index contributed by atoms with van der Waals surface area (Å²) in [5, 5.41) is 9.51. The number of benzene rings is 2. The highest BCUT2D eigenvalue weighted by Crippen LogP contribution is 2.32. The minimum Gasteiger partial charge on any atom is -0.508 e. The predicted molar refractivity (Wildman–Crippen MR) is 111 cm³/mol. The normalized spacial score (nSPS) is 10.8. The summed E-state index contributed by atoms with van der Waals surface area (Å²) >= 11 is 0. The number of phenols is 1. The summed E-state index contributed by atoms with van der Waals surface area (Å²) in [7, 11) is 0. The molecule has 0 heterocycles. The minimum absolute atomic E-state index is 0.270. The average Bonchev–Trinajstić information content (AvgIpc) is 2.57. The van der Waals surface area contributed by atoms with E-state index < -0.39 is 0 Å². The van der Waals surface area contributed by atoms with Crippen LogP contribution in [-0.4, -0.2) is 5.11 Å². The molecular weight excluding hydrogens is 304 g/mol. The second-order valence-electron chi connectivity index (χ2n) is 6.17. The standard InChI is InChI=1S/C20H20O.C4H8/c1-4-8-16(5-2)20(17-11-13-18(21)14-12-17)19-10-7-6-9-15(19)3;1-4(2)3/h4-7,9-14,21H,1-2,8H2,3H3;1H2,2-3H3/b20-16-;. The van der Waals surface area contributed by atoms with Gasteiger partial charge in [-0.2, -0.15) is 0 Å². The quantitative estimate of drug-likeness (QED) is 0.469. The molecule has 2 rings (SSSR count). The number of aromatic hydroxyl groups is 1. The van der Waals surface area contributed by atoms with Gasteiger partial charge in [0.15, 0.2) is 0 Å². The molecule has 0 atom stereocenters. The molecule has 0 bridgehead atoms. The zero-order valence-electron chi connectivity index (χ0n) is 15.5. The summed E-state index contributed by atoms with van der Waals surface area (Å²) in [5.41, 5.74) is 6.90. The Balaban J connectivity index is 0.000000705. The van der Waals surface area contributed by atoms with E-state index in [1.165, 1.54) is 16.7 Å². The van der Waals surface area contributed by atoms with Crippen molar-refractivity contribution in [3.05, 3.63) is 108 Å². The first-order chi connectivity index (χ1) is 11.9. The Morgan fingerprint density at radius 1 is 1.00 bits per heavy atom. The smallest absolute Gasteiger partial charge is 0.115 e. The number of aryl methyl sites for hydroxylation is 1. The van der Waals surface area contributed by atoms with Crippen LogP contribution < -0.4 is 0 Å². The van der Waals surface area contributed by atoms with Crippen LogP contribution in [0.25, 0.3) is 5.57 Å². The average molecular weight is 332 g/mol. The molecule has 0 unspecified atom stereocenters. The molecule has 25 heavy (non-hydrogen) atoms. The first-order valence-electron chi connectivity index (χ1n) is 8.34. The second-order valence-corrected chi connectivity index (χ2v) is 6.17. The van der Waals surface area contributed by atoms with Gasteiger partial charge >= 0.3 is 0 Å². The van der Waals surface area contributed by atoms with Gasteiger partial charge < -0.3 is 5.11 Å². The van der Waals surface area contributed by atoms with E-state index in [4.69, 9.17) is 0 Å². The van der Waals surface area contributed by atoms with Crippen molar-refractivity contribution in [2.45, 2.75) is 27.2 Å². The molecule has 0 spiro atoms. The Morgan fingerprint density at radius 3 is 2.04 bits per heavy atom. The van der Waals surface area contributed by atoms with E-state index in [9.17, 15) is 5.11 Å². The Morgan fingerprint density at radius 2 is 1.56 bits per heavy atom. The molecule has 1 heteroatoms. The maximum absolute atomic E-state index is 9.51. The lowest BCUT2D eigenvalue weighted by Crippen LogP contribution is -1.95. The Labute approximate surface area is 152 Å². The molecule has 0 aliphatic rings. The van der Waals surface area contributed by atoms with Crippen LogP contribution in [0.5, 0.6) is 5.75 Å². The van der Waals surface area contributed by atoms with Gasteiger partial charge in [-0.25, -0.2) is 0 Å². The zero-order chi connectivity index (χ0) is 18.8. The molecular formula is C24H28O. The highest BCUT2D eigenvalue weighted by Gasteiger charge is 2.11. The third-order valence-electron chi connectivity index (χ3n) is 3.50. The number of hydrogen-bond acceptors (Lipinski definition) is 1. The Kier molecular flexibility index (Phi) is 8.22. The van der Waals surface area contributed by atoms with Gasteiger partial charge in [-0.15, -0.1) is 13.2 Å². The molecule has 0 fully saturated rings. The third kappa shape index (κ3) is 6.31. The van der Waals surface area contributed by atoms with Crippen molar-refractivity contribution in [1.29, 1.82) is 0 Å². The summed E-state index contributed by atoms with van der Waals surface area (Å²) in [6, 6.07) is 15.6. The lowest BCUT2D eigenvalue weighted by molar-refractivity contribution is 0.475. The molecule has 0 radical (unpaired) electrons. The summed E-state index contributed by atoms with van der Waals surface area (Å²) in [6.07, 6.45) is 4.53. The van der Waals surface area contributed by atoms with Crippen molar-refractivity contribution in [1.82, 2.24) is 0 Å². The fourth-order valence-corrected chi connectivity index (χ4v) is 2.44. The fourth-order valence-electron chi connectivity index (χ4n) is 2.44. The molecule has 2 aromatic rings. The number of hydrogen-bond donors (Lipinski definition) is 1. The molecule has 130 valence electrons. The molecule has 0 amide bonds. The topological polar surface area (TPSA) is 20.2 Å². The van der Waals surface area contributed by atoms with Gasteiger partial charge in [0, 0.05) is 0 Å². The van der Waals surface area contributed by atoms with E-state index in [1.54, 1.807) is 12.1 Å². The van der Waals surface area contributed by atoms with E-state index >= 15 is 0 Å². The van der Waals surface area contributed by atoms with Crippen LogP contribution in [0.4, 0.5) is 0 Å². The molecule has 0 aliphatic heterocycles. The molecule has 0 aromatic heterocycles. The van der Waals surface area contributed by atoms with E-state index in [0.717, 1.165) is 23.1 Å². The van der Waals surface area contributed by atoms with E-state index in [2.05, 4.69) is 38.8 Å². The van der Waals surface area contributed by atoms with Gasteiger partial charge in [0.25, 0.3) is 0 Å². The van der Waals surface area contributed by atoms with Gasteiger partial charge in [0.2, 0.25) is 0 Å². The summed E-state index contributed by atoms with van der Waals surface area (Å²) in [6.45, 7) is 17.4. The molecule has 0 aliphatic carbocycles. The van der Waals surface area contributed by atoms with Crippen LogP contribution in [0.3, 0.4) is 0 Å². The van der Waals surface area contributed by atoms with Crippen molar-refractivity contribution in [2.24, 2.45) is 0 Å². The molecule has 2 aromatic carbocycles. The monoisotopic (exact) mass is 332 g/mol. The lowest BCUT2D eigenvalue weighted by atomic mass is 9.89. The SMILES string of the molecule is C=C(C)C.C=CC/C(C=C)=C(/c1ccc(O)cc1)c1ccccc1C. The first kappa shape index (κ1) is 20.2. The van der Waals surface area contributed by atoms with E-state index in [1.807, 2.05) is 50.3 Å². The van der Waals surface area contributed by atoms with Gasteiger partial charge in [0.1, 0.15) is 5.75 Å². The van der Waals surface area contributed by atoms with E-state index in [0.29, 0.717) is 0 Å². The Hall–Kier alpha value is -2.80. The number of rotatable bonds is 5. The highest BCUT2D eigenvalue weighted by molar-refractivity contribution is 5.85. The fraction of sp³-hybridized carbons (Fsp3) is 0.167. The van der Waals surface area contributed by atoms with E-state index in [-0.39, 0.29) is 5.75 Å². The van der Waals surface area contributed by atoms with Crippen LogP contribution >= 0.6 is 0 Å². The summed E-state index contributed by atoms with van der Waals surface area (Å²) in [5.74, 6) is 0.270. The maximum Gasteiger partial charge on any atom is 0.115 e. The van der Waals surface area contributed by atoms with Crippen LogP contribution in [0.15, 0.2) is 91.6 Å². The number of allylic oxidation sites excluding steroid dienone is 4. The molecule has 1 N–H and O–H groups in total. The molecule has 0 saturated carbocycles. The second kappa shape index (κ2) is 10.1.